The number of aromatic nitrogens is 4. The Hall–Kier alpha value is -3.60. The number of halogens is 2. The number of hydrogen-bond donors (Lipinski definition) is 5. The highest BCUT2D eigenvalue weighted by atomic mass is 19.3. The van der Waals surface area contributed by atoms with E-state index in [1.54, 1.807) is 83.0 Å². The molecule has 3 aliphatic heterocycles. The summed E-state index contributed by atoms with van der Waals surface area (Å²) in [5.74, 6) is -6.30. The molecule has 3 aromatic rings. The zero-order valence-corrected chi connectivity index (χ0v) is 46.6. The molecule has 0 amide bonds. The van der Waals surface area contributed by atoms with Crippen LogP contribution in [0.4, 0.5) is 8.78 Å². The second-order valence-electron chi connectivity index (χ2n) is 23.1. The van der Waals surface area contributed by atoms with E-state index in [0.717, 1.165) is 11.1 Å². The van der Waals surface area contributed by atoms with Gasteiger partial charge < -0.3 is 59.0 Å². The van der Waals surface area contributed by atoms with Gasteiger partial charge in [0.2, 0.25) is 0 Å². The second-order valence-corrected chi connectivity index (χ2v) is 23.1. The van der Waals surface area contributed by atoms with Crippen molar-refractivity contribution in [3.8, 4) is 11.1 Å². The summed E-state index contributed by atoms with van der Waals surface area (Å²) < 4.78 is 64.3. The number of pyridine rings is 1. The molecule has 18 atom stereocenters. The third-order valence-corrected chi connectivity index (χ3v) is 16.9. The first-order valence-electron chi connectivity index (χ1n) is 27.0. The molecule has 0 saturated carbocycles. The molecule has 0 bridgehead atoms. The van der Waals surface area contributed by atoms with Gasteiger partial charge >= 0.3 is 5.97 Å². The zero-order chi connectivity index (χ0) is 55.4. The molecule has 1 aromatic carbocycles. The van der Waals surface area contributed by atoms with Crippen LogP contribution in [-0.4, -0.2) is 180 Å². The highest BCUT2D eigenvalue weighted by Crippen LogP contribution is 2.45. The maximum atomic E-state index is 15.3. The number of benzene rings is 1. The van der Waals surface area contributed by atoms with E-state index < -0.39 is 108 Å². The van der Waals surface area contributed by atoms with Crippen LogP contribution in [-0.2, 0) is 47.4 Å². The van der Waals surface area contributed by atoms with Gasteiger partial charge in [-0.2, -0.15) is 0 Å². The van der Waals surface area contributed by atoms with Crippen molar-refractivity contribution in [1.29, 1.82) is 0 Å². The van der Waals surface area contributed by atoms with Crippen LogP contribution in [0.25, 0.3) is 11.1 Å². The molecule has 5 heterocycles. The van der Waals surface area contributed by atoms with Gasteiger partial charge in [0.25, 0.3) is 5.92 Å². The van der Waals surface area contributed by atoms with Gasteiger partial charge in [-0.15, -0.1) is 5.10 Å². The third kappa shape index (κ3) is 14.2. The lowest BCUT2D eigenvalue weighted by molar-refractivity contribution is -0.302. The summed E-state index contributed by atoms with van der Waals surface area (Å²) in [6, 6.07) is 8.93. The quantitative estimate of drug-likeness (QED) is 0.110. The van der Waals surface area contributed by atoms with E-state index in [2.05, 4.69) is 15.3 Å². The van der Waals surface area contributed by atoms with Gasteiger partial charge in [0.05, 0.1) is 47.2 Å². The van der Waals surface area contributed by atoms with Crippen molar-refractivity contribution in [2.45, 2.75) is 211 Å². The lowest BCUT2D eigenvalue weighted by Gasteiger charge is -2.51. The number of carbonyl (C=O) groups excluding carboxylic acids is 1. The van der Waals surface area contributed by atoms with E-state index >= 15 is 8.78 Å². The van der Waals surface area contributed by atoms with Crippen LogP contribution in [0, 0.1) is 23.7 Å². The van der Waals surface area contributed by atoms with Gasteiger partial charge in [0.15, 0.2) is 6.29 Å². The maximum Gasteiger partial charge on any atom is 0.309 e. The number of carbonyl (C=O) groups is 1. The average Bonchev–Trinajstić information content (AvgIpc) is 3.82. The number of esters is 1. The first-order valence-corrected chi connectivity index (χ1v) is 27.0. The Kier molecular flexibility index (Phi) is 20.2. The summed E-state index contributed by atoms with van der Waals surface area (Å²) in [6.07, 6.45) is -2.36. The molecule has 0 spiro atoms. The smallest absolute Gasteiger partial charge is 0.309 e. The number of alkyl halides is 2. The molecule has 0 radical (unpaired) electrons. The third-order valence-electron chi connectivity index (χ3n) is 16.9. The van der Waals surface area contributed by atoms with E-state index in [1.807, 2.05) is 50.7 Å². The molecule has 6 rings (SSSR count). The molecule has 1 unspecified atom stereocenters. The SMILES string of the molecule is CC[C@H]1OC(=O)[C@H](C)[C@@H](C2C[C@@](C)(OC)[C@@H](O)[C@H](C)O2)[C@H](C)[C@@H](O[C@@H]2O[C@H](C)C[C@H](N(C)CCc3cn(CCCC(F)(F)c4ccc(-c5cccnc5)cc4)nn3)[C@H]2O)[C@](C)(O)C[C@@H](C)CN(C)[C@H](C)[C@@H](O)[C@]1(C)O. The molecule has 0 aliphatic carbocycles. The highest BCUT2D eigenvalue weighted by molar-refractivity contribution is 5.73. The molecule has 75 heavy (non-hydrogen) atoms. The van der Waals surface area contributed by atoms with Gasteiger partial charge in [-0.05, 0) is 110 Å². The van der Waals surface area contributed by atoms with Crippen molar-refractivity contribution >= 4 is 5.97 Å². The molecule has 3 aliphatic rings. The number of aryl methyl sites for hydroxylation is 1. The summed E-state index contributed by atoms with van der Waals surface area (Å²) in [4.78, 5) is 22.7. The summed E-state index contributed by atoms with van der Waals surface area (Å²) in [7, 11) is 5.25. The van der Waals surface area contributed by atoms with E-state index in [1.165, 1.54) is 26.2 Å². The lowest BCUT2D eigenvalue weighted by Crippen LogP contribution is -2.62. The first kappa shape index (κ1) is 60.6. The minimum absolute atomic E-state index is 0.0518. The van der Waals surface area contributed by atoms with Gasteiger partial charge in [-0.1, -0.05) is 63.2 Å². The van der Waals surface area contributed by atoms with Crippen LogP contribution >= 0.6 is 0 Å². The molecule has 2 aromatic heterocycles. The van der Waals surface area contributed by atoms with Crippen molar-refractivity contribution in [2.75, 3.05) is 34.3 Å². The number of likely N-dealkylation sites (N-methyl/N-ethyl adjacent to an activating group) is 2. The fourth-order valence-corrected chi connectivity index (χ4v) is 12.3. The largest absolute Gasteiger partial charge is 0.459 e. The number of aliphatic hydroxyl groups excluding tert-OH is 3. The molecular formula is C56H88F2N6O11. The minimum atomic E-state index is -3.03. The van der Waals surface area contributed by atoms with Gasteiger partial charge in [-0.3, -0.25) is 14.5 Å². The van der Waals surface area contributed by atoms with Crippen molar-refractivity contribution in [2.24, 2.45) is 23.7 Å². The predicted octanol–water partition coefficient (Wildman–Crippen LogP) is 6.01. The number of hydrogen-bond acceptors (Lipinski definition) is 16. The topological polar surface area (TPSA) is 214 Å². The van der Waals surface area contributed by atoms with E-state index in [0.29, 0.717) is 31.6 Å². The van der Waals surface area contributed by atoms with Gasteiger partial charge in [0, 0.05) is 88.2 Å². The number of nitrogens with zero attached hydrogens (tertiary/aromatic N) is 6. The Labute approximate surface area is 443 Å². The molecular weight excluding hydrogens is 971 g/mol. The Bertz CT molecular complexity index is 2260. The van der Waals surface area contributed by atoms with Crippen molar-refractivity contribution < 1.29 is 62.8 Å². The Balaban J connectivity index is 1.20. The molecule has 5 N–H and O–H groups in total. The van der Waals surface area contributed by atoms with Crippen LogP contribution in [0.5, 0.6) is 0 Å². The maximum absolute atomic E-state index is 15.3. The fraction of sp³-hybridized carbons (Fsp3) is 0.750. The predicted molar refractivity (Wildman–Crippen MR) is 278 cm³/mol. The van der Waals surface area contributed by atoms with Crippen LogP contribution in [0.2, 0.25) is 0 Å². The van der Waals surface area contributed by atoms with Crippen molar-refractivity contribution in [3.63, 3.8) is 0 Å². The minimum Gasteiger partial charge on any atom is -0.459 e. The number of cyclic esters (lactones) is 1. The Morgan fingerprint density at radius 2 is 1.65 bits per heavy atom. The first-order chi connectivity index (χ1) is 35.1. The normalized spacial score (nSPS) is 38.2. The second kappa shape index (κ2) is 25.0. The summed E-state index contributed by atoms with van der Waals surface area (Å²) >= 11 is 0. The van der Waals surface area contributed by atoms with Gasteiger partial charge in [0.1, 0.15) is 30.0 Å². The molecule has 422 valence electrons. The van der Waals surface area contributed by atoms with Crippen molar-refractivity contribution in [3.05, 3.63) is 66.2 Å². The molecule has 17 nitrogen and oxygen atoms in total. The fourth-order valence-electron chi connectivity index (χ4n) is 12.3. The molecule has 3 fully saturated rings. The summed E-state index contributed by atoms with van der Waals surface area (Å²) in [5.41, 5.74) is -2.25. The standard InChI is InChI=1S/C56H88F2N6O11/c1-14-45-55(10,70)48(66)37(6)63(12)31-33(2)28-53(8,69)50(35(4)46(36(5)51(68)74-45)44-29-54(9,71-13)49(67)38(7)73-44)75-52-47(65)43(27-34(3)72-52)62(11)26-22-42-32-64(61-60-42)25-16-23-56(57,58)41-20-18-39(19-21-41)40-17-15-24-59-30-40/h15,17-21,24,30,32-38,43-50,52,65-67,69-70H,14,16,22-23,25-29,31H2,1-13H3/t33-,34-,35+,36-,37-,38+,43+,44?,45-,46+,47-,48-,49+,50-,52+,53-,54-,55-/m1/s1. The van der Waals surface area contributed by atoms with Crippen LogP contribution < -0.4 is 0 Å². The monoisotopic (exact) mass is 1060 g/mol. The molecule has 19 heteroatoms. The van der Waals surface area contributed by atoms with Crippen molar-refractivity contribution in [1.82, 2.24) is 29.8 Å². The summed E-state index contributed by atoms with van der Waals surface area (Å²) in [5, 5.41) is 68.7. The highest BCUT2D eigenvalue weighted by Gasteiger charge is 2.55. The zero-order valence-electron chi connectivity index (χ0n) is 46.6. The lowest BCUT2D eigenvalue weighted by atomic mass is 9.68. The number of aliphatic hydroxyl groups is 5. The van der Waals surface area contributed by atoms with Crippen LogP contribution in [0.3, 0.4) is 0 Å². The number of methoxy groups -OCH3 is 1. The van der Waals surface area contributed by atoms with E-state index in [-0.39, 0.29) is 56.2 Å². The average molecular weight is 1060 g/mol. The molecule has 3 saturated heterocycles. The van der Waals surface area contributed by atoms with Crippen LogP contribution in [0.1, 0.15) is 119 Å². The Morgan fingerprint density at radius 1 is 0.960 bits per heavy atom. The van der Waals surface area contributed by atoms with Gasteiger partial charge in [-0.25, -0.2) is 8.78 Å². The summed E-state index contributed by atoms with van der Waals surface area (Å²) in [6.45, 7) is 18.9. The van der Waals surface area contributed by atoms with Crippen LogP contribution in [0.15, 0.2) is 55.0 Å². The number of rotatable bonds is 15. The van der Waals surface area contributed by atoms with E-state index in [9.17, 15) is 30.3 Å². The van der Waals surface area contributed by atoms with E-state index in [4.69, 9.17) is 23.7 Å². The Morgan fingerprint density at radius 3 is 2.29 bits per heavy atom. The number of ether oxygens (including phenoxy) is 5.